The smallest absolute Gasteiger partial charge is 0.303 e. The van der Waals surface area contributed by atoms with Crippen LogP contribution in [0.15, 0.2) is 4.99 Å². The Morgan fingerprint density at radius 2 is 1.92 bits per heavy atom. The van der Waals surface area contributed by atoms with Gasteiger partial charge in [0.1, 0.15) is 6.10 Å². The van der Waals surface area contributed by atoms with Crippen LogP contribution in [0.4, 0.5) is 0 Å². The Labute approximate surface area is 143 Å². The number of aliphatic hydroxyl groups excluding tert-OH is 1. The molecule has 138 valence electrons. The predicted octanol–water partition coefficient (Wildman–Crippen LogP) is -2.00. The van der Waals surface area contributed by atoms with Crippen molar-refractivity contribution in [1.29, 1.82) is 0 Å². The lowest BCUT2D eigenvalue weighted by molar-refractivity contribution is -0.206. The first-order valence-corrected chi connectivity index (χ1v) is 7.69. The second kappa shape index (κ2) is 6.19. The Kier molecular flexibility index (Phi) is 4.71. The van der Waals surface area contributed by atoms with Crippen LogP contribution >= 0.6 is 0 Å². The number of guanidine groups is 1. The molecule has 0 aromatic heterocycles. The molecule has 1 aliphatic heterocycles. The molecule has 1 heterocycles. The van der Waals surface area contributed by atoms with E-state index in [0.717, 1.165) is 13.8 Å². The van der Waals surface area contributed by atoms with Crippen molar-refractivity contribution in [2.75, 3.05) is 0 Å². The van der Waals surface area contributed by atoms with Crippen LogP contribution in [0, 0.1) is 5.92 Å². The van der Waals surface area contributed by atoms with Gasteiger partial charge in [-0.2, -0.15) is 0 Å². The molecule has 0 aromatic carbocycles. The molecule has 2 amide bonds. The van der Waals surface area contributed by atoms with E-state index in [4.69, 9.17) is 4.74 Å². The van der Waals surface area contributed by atoms with E-state index < -0.39 is 52.8 Å². The van der Waals surface area contributed by atoms with E-state index in [1.54, 1.807) is 0 Å². The molecule has 25 heavy (non-hydrogen) atoms. The molecule has 10 heteroatoms. The molecule has 1 saturated carbocycles. The number of aliphatic imine (C=N–C) groups is 1. The number of aliphatic hydroxyl groups is 2. The van der Waals surface area contributed by atoms with E-state index in [0.29, 0.717) is 0 Å². The van der Waals surface area contributed by atoms with Crippen LogP contribution in [0.3, 0.4) is 0 Å². The van der Waals surface area contributed by atoms with Gasteiger partial charge in [-0.25, -0.2) is 4.99 Å². The van der Waals surface area contributed by atoms with Gasteiger partial charge in [-0.1, -0.05) is 0 Å². The van der Waals surface area contributed by atoms with Crippen LogP contribution in [-0.4, -0.2) is 63.1 Å². The van der Waals surface area contributed by atoms with Gasteiger partial charge in [0.2, 0.25) is 17.8 Å². The third-order valence-electron chi connectivity index (χ3n) is 4.51. The summed E-state index contributed by atoms with van der Waals surface area (Å²) < 4.78 is 5.11. The maximum Gasteiger partial charge on any atom is 0.303 e. The van der Waals surface area contributed by atoms with Gasteiger partial charge >= 0.3 is 5.97 Å². The van der Waals surface area contributed by atoms with Gasteiger partial charge in [0.15, 0.2) is 17.4 Å². The van der Waals surface area contributed by atoms with E-state index >= 15 is 0 Å². The third kappa shape index (κ3) is 3.14. The first-order chi connectivity index (χ1) is 11.4. The summed E-state index contributed by atoms with van der Waals surface area (Å²) in [6.45, 7) is 4.67. The summed E-state index contributed by atoms with van der Waals surface area (Å²) in [6, 6.07) is 0. The van der Waals surface area contributed by atoms with Gasteiger partial charge < -0.3 is 14.9 Å². The average Bonchev–Trinajstić information content (AvgIpc) is 2.44. The molecule has 1 aliphatic carbocycles. The number of esters is 1. The van der Waals surface area contributed by atoms with Gasteiger partial charge in [-0.15, -0.1) is 0 Å². The third-order valence-corrected chi connectivity index (χ3v) is 4.51. The van der Waals surface area contributed by atoms with E-state index in [2.05, 4.69) is 15.6 Å². The SMILES string of the molecule is CC(=O)NC1=N[C@@]2(C(C)=O)[C@H](OC(C)=O)[C@@H](O)[C@@](C)(O)C[C@H]2C(=O)N1. The molecule has 1 fully saturated rings. The fraction of sp³-hybridized carbons (Fsp3) is 0.667. The van der Waals surface area contributed by atoms with E-state index in [1.165, 1.54) is 13.8 Å². The van der Waals surface area contributed by atoms with Crippen LogP contribution in [0.5, 0.6) is 0 Å². The van der Waals surface area contributed by atoms with Gasteiger partial charge in [0, 0.05) is 13.8 Å². The van der Waals surface area contributed by atoms with Crippen molar-refractivity contribution in [1.82, 2.24) is 10.6 Å². The monoisotopic (exact) mass is 355 g/mol. The summed E-state index contributed by atoms with van der Waals surface area (Å²) in [4.78, 5) is 51.9. The number of Topliss-reactive ketones (excluding diaryl/α,β-unsaturated/α-hetero) is 1. The molecule has 5 atom stereocenters. The number of hydrogen-bond donors (Lipinski definition) is 4. The maximum absolute atomic E-state index is 12.5. The number of carbonyl (C=O) groups excluding carboxylic acids is 4. The van der Waals surface area contributed by atoms with Gasteiger partial charge in [0.25, 0.3) is 0 Å². The highest BCUT2D eigenvalue weighted by atomic mass is 16.6. The zero-order chi connectivity index (χ0) is 19.2. The Hall–Kier alpha value is -2.33. The van der Waals surface area contributed by atoms with Crippen LogP contribution in [0.2, 0.25) is 0 Å². The van der Waals surface area contributed by atoms with Crippen molar-refractivity contribution >= 4 is 29.5 Å². The normalized spacial score (nSPS) is 37.3. The molecule has 0 spiro atoms. The van der Waals surface area contributed by atoms with Crippen molar-refractivity contribution in [3.63, 3.8) is 0 Å². The topological polar surface area (TPSA) is 154 Å². The van der Waals surface area contributed by atoms with Crippen molar-refractivity contribution in [3.05, 3.63) is 0 Å². The summed E-state index contributed by atoms with van der Waals surface area (Å²) in [5.41, 5.74) is -3.74. The van der Waals surface area contributed by atoms with E-state index in [9.17, 15) is 29.4 Å². The lowest BCUT2D eigenvalue weighted by Gasteiger charge is -2.52. The number of nitrogens with zero attached hydrogens (tertiary/aromatic N) is 1. The maximum atomic E-state index is 12.5. The van der Waals surface area contributed by atoms with E-state index in [-0.39, 0.29) is 12.4 Å². The lowest BCUT2D eigenvalue weighted by Crippen LogP contribution is -2.74. The fourth-order valence-corrected chi connectivity index (χ4v) is 3.39. The second-order valence-corrected chi connectivity index (χ2v) is 6.60. The largest absolute Gasteiger partial charge is 0.457 e. The number of carbonyl (C=O) groups is 4. The number of ether oxygens (including phenoxy) is 1. The number of fused-ring (bicyclic) bond motifs is 1. The Morgan fingerprint density at radius 1 is 1.32 bits per heavy atom. The van der Waals surface area contributed by atoms with Crippen LogP contribution in [0.25, 0.3) is 0 Å². The van der Waals surface area contributed by atoms with Crippen molar-refractivity contribution in [3.8, 4) is 0 Å². The molecule has 0 unspecified atom stereocenters. The van der Waals surface area contributed by atoms with Crippen molar-refractivity contribution in [2.24, 2.45) is 10.9 Å². The molecular weight excluding hydrogens is 334 g/mol. The number of nitrogens with one attached hydrogen (secondary N) is 2. The molecule has 4 N–H and O–H groups in total. The highest BCUT2D eigenvalue weighted by Gasteiger charge is 2.66. The molecule has 0 bridgehead atoms. The zero-order valence-corrected chi connectivity index (χ0v) is 14.3. The minimum Gasteiger partial charge on any atom is -0.457 e. The minimum absolute atomic E-state index is 0.283. The minimum atomic E-state index is -1.95. The lowest BCUT2D eigenvalue weighted by atomic mass is 9.61. The Morgan fingerprint density at radius 3 is 2.40 bits per heavy atom. The Bertz CT molecular complexity index is 672. The number of amides is 2. The Balaban J connectivity index is 2.67. The quantitative estimate of drug-likeness (QED) is 0.418. The second-order valence-electron chi connectivity index (χ2n) is 6.60. The molecular formula is C15H21N3O7. The summed E-state index contributed by atoms with van der Waals surface area (Å²) in [6.07, 6.45) is -3.54. The zero-order valence-electron chi connectivity index (χ0n) is 14.3. The number of rotatable bonds is 2. The average molecular weight is 355 g/mol. The molecule has 2 rings (SSSR count). The first-order valence-electron chi connectivity index (χ1n) is 7.69. The van der Waals surface area contributed by atoms with Crippen molar-refractivity contribution in [2.45, 2.75) is 57.5 Å². The van der Waals surface area contributed by atoms with E-state index in [1.807, 2.05) is 0 Å². The summed E-state index contributed by atoms with van der Waals surface area (Å²) in [5, 5.41) is 25.5. The molecule has 10 nitrogen and oxygen atoms in total. The number of hydrogen-bond acceptors (Lipinski definition) is 8. The molecule has 2 aliphatic rings. The van der Waals surface area contributed by atoms with Crippen LogP contribution < -0.4 is 10.6 Å². The van der Waals surface area contributed by atoms with Gasteiger partial charge in [0.05, 0.1) is 11.5 Å². The van der Waals surface area contributed by atoms with Crippen LogP contribution in [-0.2, 0) is 23.9 Å². The fourth-order valence-electron chi connectivity index (χ4n) is 3.39. The molecule has 0 aromatic rings. The van der Waals surface area contributed by atoms with Crippen molar-refractivity contribution < 1.29 is 34.1 Å². The summed E-state index contributed by atoms with van der Waals surface area (Å²) in [7, 11) is 0. The van der Waals surface area contributed by atoms with Gasteiger partial charge in [-0.05, 0) is 20.3 Å². The highest BCUT2D eigenvalue weighted by Crippen LogP contribution is 2.45. The standard InChI is InChI=1S/C15H21N3O7/c1-6(19)15-9(12(23)17-13(18-15)16-7(2)20)5-14(4,24)10(22)11(15)25-8(3)21/h9-11,22,24H,5H2,1-4H3,(H2,16,17,18,20,23)/t9-,10+,11+,14-,15+/m0/s1. The summed E-state index contributed by atoms with van der Waals surface area (Å²) >= 11 is 0. The first kappa shape index (κ1) is 19.0. The van der Waals surface area contributed by atoms with Gasteiger partial charge in [-0.3, -0.25) is 29.8 Å². The molecule has 0 saturated heterocycles. The molecule has 0 radical (unpaired) electrons. The number of ketones is 1. The predicted molar refractivity (Wildman–Crippen MR) is 83.1 cm³/mol. The highest BCUT2D eigenvalue weighted by molar-refractivity contribution is 6.10. The summed E-state index contributed by atoms with van der Waals surface area (Å²) in [5.74, 6) is -4.15. The van der Waals surface area contributed by atoms with Crippen LogP contribution in [0.1, 0.15) is 34.1 Å².